The Balaban J connectivity index is 1.85. The molecule has 0 saturated carbocycles. The molecule has 18 N–H and O–H groups in total. The largest absolute Gasteiger partial charge is 0.394 e. The van der Waals surface area contributed by atoms with Crippen molar-refractivity contribution in [1.82, 2.24) is 47.9 Å². The van der Waals surface area contributed by atoms with Crippen molar-refractivity contribution < 1.29 is 53.1 Å². The van der Waals surface area contributed by atoms with E-state index in [1.54, 1.807) is 89.2 Å². The minimum Gasteiger partial charge on any atom is -0.394 e. The lowest BCUT2D eigenvalue weighted by Crippen LogP contribution is -2.62. The molecule has 462 valence electrons. The summed E-state index contributed by atoms with van der Waals surface area (Å²) in [5, 5.41) is 33.6. The Morgan fingerprint density at radius 3 is 1.25 bits per heavy atom. The standard InChI is InChI=1S/C60H91N13O11/c1-9-37(8)50(73-55(79)43(25-28-62)65-52(76)41-22-20-40(21-23-41)39-18-14-11-15-19-39)60(84)67-42(24-27-61)53(77)69-47(32-38-16-12-10-13-17-38)58(82)68-45(30-34(2)3)56(80)66-44(26-29-63)54(78)72-49(36(6)7)59(83)70-46(31-35(4)5)57(81)71-48(33-74)51(64)75/h10-23,34-37,42-50,74H,9,24-33,61-63H2,1-8H3,(H2,64,75)(H,65,76)(H,66,80)(H,67,84)(H,68,82)(H,69,77)(H,70,83)(H,71,81)(H,72,78)(H,73,79)/t37-,42-,43-,44-,45-,46-,47+,48-,49+,50-/m0/s1. The molecule has 0 bridgehead atoms. The van der Waals surface area contributed by atoms with Gasteiger partial charge in [0.2, 0.25) is 53.2 Å². The SMILES string of the molecule is CC[C@H](C)[C@H](NC(=O)[C@H](CCN)NC(=O)c1ccc(-c2ccccc2)cc1)C(=O)N[C@@H](CCN)C(=O)N[C@H](Cc1ccccc1)C(=O)N[C@@H](CC(C)C)C(=O)N[C@@H](CCN)C(=O)N[C@@H](C(=O)N[C@@H](CC(C)C)C(=O)N[C@@H](CO)C(N)=O)C(C)C. The molecule has 0 heterocycles. The highest BCUT2D eigenvalue weighted by atomic mass is 16.3. The van der Waals surface area contributed by atoms with Gasteiger partial charge in [0, 0.05) is 12.0 Å². The molecule has 3 rings (SSSR count). The molecule has 0 radical (unpaired) electrons. The Morgan fingerprint density at radius 1 is 0.429 bits per heavy atom. The smallest absolute Gasteiger partial charge is 0.251 e. The van der Waals surface area contributed by atoms with E-state index < -0.39 is 132 Å². The van der Waals surface area contributed by atoms with E-state index in [1.807, 2.05) is 51.1 Å². The molecule has 0 aliphatic heterocycles. The fourth-order valence-corrected chi connectivity index (χ4v) is 9.02. The van der Waals surface area contributed by atoms with Crippen LogP contribution in [0.2, 0.25) is 0 Å². The molecule has 10 amide bonds. The molecule has 3 aromatic carbocycles. The molecule has 3 aromatic rings. The quantitative estimate of drug-likeness (QED) is 0.0362. The summed E-state index contributed by atoms with van der Waals surface area (Å²) in [6.45, 7) is 13.2. The second kappa shape index (κ2) is 36.0. The molecule has 0 spiro atoms. The van der Waals surface area contributed by atoms with Gasteiger partial charge in [0.15, 0.2) is 0 Å². The fourth-order valence-electron chi connectivity index (χ4n) is 9.02. The van der Waals surface area contributed by atoms with Crippen molar-refractivity contribution in [3.8, 4) is 11.1 Å². The van der Waals surface area contributed by atoms with Crippen molar-refractivity contribution in [3.63, 3.8) is 0 Å². The molecule has 0 saturated heterocycles. The summed E-state index contributed by atoms with van der Waals surface area (Å²) in [5.41, 5.74) is 25.9. The first-order chi connectivity index (χ1) is 39.9. The van der Waals surface area contributed by atoms with Gasteiger partial charge in [-0.05, 0) is 104 Å². The van der Waals surface area contributed by atoms with E-state index in [4.69, 9.17) is 22.9 Å². The number of carbonyl (C=O) groups is 10. The van der Waals surface area contributed by atoms with Gasteiger partial charge in [-0.15, -0.1) is 0 Å². The van der Waals surface area contributed by atoms with Gasteiger partial charge in [0.1, 0.15) is 54.4 Å². The fraction of sp³-hybridized carbons (Fsp3) is 0.533. The molecule has 84 heavy (non-hydrogen) atoms. The molecule has 0 unspecified atom stereocenters. The van der Waals surface area contributed by atoms with E-state index >= 15 is 0 Å². The van der Waals surface area contributed by atoms with Crippen LogP contribution in [0.4, 0.5) is 0 Å². The zero-order chi connectivity index (χ0) is 62.6. The minimum absolute atomic E-state index is 0.0269. The maximum atomic E-state index is 14.5. The van der Waals surface area contributed by atoms with Gasteiger partial charge in [0.05, 0.1) is 6.61 Å². The molecule has 24 nitrogen and oxygen atoms in total. The van der Waals surface area contributed by atoms with Crippen LogP contribution >= 0.6 is 0 Å². The first-order valence-corrected chi connectivity index (χ1v) is 28.8. The van der Waals surface area contributed by atoms with Crippen LogP contribution in [0.1, 0.15) is 110 Å². The molecule has 0 aromatic heterocycles. The lowest BCUT2D eigenvalue weighted by Gasteiger charge is -2.30. The highest BCUT2D eigenvalue weighted by Crippen LogP contribution is 2.20. The lowest BCUT2D eigenvalue weighted by molar-refractivity contribution is -0.136. The van der Waals surface area contributed by atoms with Gasteiger partial charge in [-0.25, -0.2) is 0 Å². The number of nitrogens with one attached hydrogen (secondary N) is 9. The Morgan fingerprint density at radius 2 is 0.798 bits per heavy atom. The number of rotatable bonds is 36. The van der Waals surface area contributed by atoms with Crippen molar-refractivity contribution in [1.29, 1.82) is 0 Å². The minimum atomic E-state index is -1.41. The third kappa shape index (κ3) is 23.1. The maximum Gasteiger partial charge on any atom is 0.251 e. The molecule has 0 aliphatic carbocycles. The second-order valence-corrected chi connectivity index (χ2v) is 22.2. The summed E-state index contributed by atoms with van der Waals surface area (Å²) in [4.78, 5) is 138. The number of benzene rings is 3. The van der Waals surface area contributed by atoms with Crippen LogP contribution in [-0.4, -0.2) is 145 Å². The van der Waals surface area contributed by atoms with Crippen LogP contribution in [-0.2, 0) is 49.6 Å². The van der Waals surface area contributed by atoms with Crippen molar-refractivity contribution in [2.24, 2.45) is 46.6 Å². The predicted octanol–water partition coefficient (Wildman–Crippen LogP) is -0.109. The first-order valence-electron chi connectivity index (χ1n) is 28.8. The van der Waals surface area contributed by atoms with E-state index in [9.17, 15) is 53.1 Å². The zero-order valence-corrected chi connectivity index (χ0v) is 49.7. The summed E-state index contributed by atoms with van der Waals surface area (Å²) in [5.74, 6) is -8.96. The summed E-state index contributed by atoms with van der Waals surface area (Å²) in [7, 11) is 0. The van der Waals surface area contributed by atoms with Crippen molar-refractivity contribution >= 4 is 59.1 Å². The van der Waals surface area contributed by atoms with Crippen LogP contribution in [0.15, 0.2) is 84.9 Å². The van der Waals surface area contributed by atoms with Gasteiger partial charge in [-0.2, -0.15) is 0 Å². The molecule has 0 fully saturated rings. The van der Waals surface area contributed by atoms with Crippen LogP contribution in [0.5, 0.6) is 0 Å². The van der Waals surface area contributed by atoms with Crippen LogP contribution in [0, 0.1) is 23.7 Å². The summed E-state index contributed by atoms with van der Waals surface area (Å²) < 4.78 is 0. The number of carbonyl (C=O) groups excluding carboxylic acids is 10. The van der Waals surface area contributed by atoms with Gasteiger partial charge in [-0.1, -0.05) is 135 Å². The predicted molar refractivity (Wildman–Crippen MR) is 319 cm³/mol. The Bertz CT molecular complexity index is 2630. The van der Waals surface area contributed by atoms with Gasteiger partial charge < -0.3 is 75.9 Å². The normalized spacial score (nSPS) is 14.8. The second-order valence-electron chi connectivity index (χ2n) is 22.2. The average Bonchev–Trinajstić information content (AvgIpc) is 3.55. The van der Waals surface area contributed by atoms with Gasteiger partial charge in [0.25, 0.3) is 5.91 Å². The molecule has 0 aliphatic rings. The Labute approximate surface area is 493 Å². The number of aliphatic hydroxyl groups excluding tert-OH is 1. The molecule has 10 atom stereocenters. The highest BCUT2D eigenvalue weighted by molar-refractivity contribution is 6.00. The van der Waals surface area contributed by atoms with Crippen molar-refractivity contribution in [2.45, 2.75) is 155 Å². The topological polar surface area (TPSA) is 403 Å². The first kappa shape index (κ1) is 70.5. The number of primary amides is 1. The molecule has 24 heteroatoms. The van der Waals surface area contributed by atoms with E-state index in [0.717, 1.165) is 11.1 Å². The van der Waals surface area contributed by atoms with Gasteiger partial charge >= 0.3 is 0 Å². The van der Waals surface area contributed by atoms with E-state index in [1.165, 1.54) is 0 Å². The third-order valence-corrected chi connectivity index (χ3v) is 14.0. The van der Waals surface area contributed by atoms with E-state index in [2.05, 4.69) is 47.9 Å². The van der Waals surface area contributed by atoms with Gasteiger partial charge in [-0.3, -0.25) is 47.9 Å². The monoisotopic (exact) mass is 1170 g/mol. The van der Waals surface area contributed by atoms with Crippen LogP contribution in [0.25, 0.3) is 11.1 Å². The van der Waals surface area contributed by atoms with Crippen molar-refractivity contribution in [2.75, 3.05) is 26.2 Å². The Hall–Kier alpha value is -7.80. The van der Waals surface area contributed by atoms with E-state index in [-0.39, 0.29) is 70.0 Å². The summed E-state index contributed by atoms with van der Waals surface area (Å²) >= 11 is 0. The number of aliphatic hydroxyl groups is 1. The van der Waals surface area contributed by atoms with Crippen LogP contribution in [0.3, 0.4) is 0 Å². The van der Waals surface area contributed by atoms with Crippen LogP contribution < -0.4 is 70.8 Å². The highest BCUT2D eigenvalue weighted by Gasteiger charge is 2.37. The molecular weight excluding hydrogens is 1080 g/mol. The summed E-state index contributed by atoms with van der Waals surface area (Å²) in [6, 6.07) is 13.8. The number of nitrogens with two attached hydrogens (primary N) is 4. The molecular formula is C60H91N13O11. The number of amides is 10. The Kier molecular flexibility index (Phi) is 30.2. The number of hydrogen-bond acceptors (Lipinski definition) is 14. The van der Waals surface area contributed by atoms with Crippen molar-refractivity contribution in [3.05, 3.63) is 96.1 Å². The zero-order valence-electron chi connectivity index (χ0n) is 49.7. The van der Waals surface area contributed by atoms with E-state index in [0.29, 0.717) is 17.5 Å². The third-order valence-electron chi connectivity index (χ3n) is 14.0. The average molecular weight is 1170 g/mol. The maximum absolute atomic E-state index is 14.5. The lowest BCUT2D eigenvalue weighted by atomic mass is 9.96. The summed E-state index contributed by atoms with van der Waals surface area (Å²) in [6.07, 6.45) is 0.386. The number of hydrogen-bond donors (Lipinski definition) is 14.